The Morgan fingerprint density at radius 1 is 1.20 bits per heavy atom. The number of benzene rings is 1. The first-order valence-corrected chi connectivity index (χ1v) is 4.93. The van der Waals surface area contributed by atoms with Crippen molar-refractivity contribution in [2.75, 3.05) is 12.4 Å². The smallest absolute Gasteiger partial charge is 0.159 e. The van der Waals surface area contributed by atoms with Crippen molar-refractivity contribution in [2.24, 2.45) is 0 Å². The lowest BCUT2D eigenvalue weighted by molar-refractivity contribution is 1.17. The van der Waals surface area contributed by atoms with Gasteiger partial charge in [-0.1, -0.05) is 23.7 Å². The summed E-state index contributed by atoms with van der Waals surface area (Å²) in [7, 11) is 1.83. The summed E-state index contributed by atoms with van der Waals surface area (Å²) in [5, 5.41) is 3.65. The summed E-state index contributed by atoms with van der Waals surface area (Å²) in [5.74, 6) is 0.677. The van der Waals surface area contributed by atoms with Gasteiger partial charge in [-0.15, -0.1) is 0 Å². The maximum Gasteiger partial charge on any atom is 0.159 e. The molecule has 0 atom stereocenters. The van der Waals surface area contributed by atoms with Gasteiger partial charge in [-0.05, 0) is 12.1 Å². The molecule has 2 aromatic rings. The van der Waals surface area contributed by atoms with E-state index in [1.165, 1.54) is 0 Å². The summed E-state index contributed by atoms with van der Waals surface area (Å²) in [6.45, 7) is 0. The predicted molar refractivity (Wildman–Crippen MR) is 62.0 cm³/mol. The average Bonchev–Trinajstić information content (AvgIpc) is 2.29. The van der Waals surface area contributed by atoms with Gasteiger partial charge in [0.2, 0.25) is 0 Å². The van der Waals surface area contributed by atoms with E-state index in [-0.39, 0.29) is 0 Å². The largest absolute Gasteiger partial charge is 0.386 e. The average molecular weight is 220 g/mol. The molecule has 0 amide bonds. The second kappa shape index (κ2) is 4.28. The first-order chi connectivity index (χ1) is 7.29. The van der Waals surface area contributed by atoms with E-state index in [0.29, 0.717) is 10.8 Å². The molecule has 0 bridgehead atoms. The fourth-order valence-corrected chi connectivity index (χ4v) is 1.42. The summed E-state index contributed by atoms with van der Waals surface area (Å²) in [4.78, 5) is 8.46. The Morgan fingerprint density at radius 2 is 1.93 bits per heavy atom. The van der Waals surface area contributed by atoms with Crippen LogP contribution in [0.2, 0.25) is 5.02 Å². The lowest BCUT2D eigenvalue weighted by Gasteiger charge is -2.02. The van der Waals surface area contributed by atoms with Crippen LogP contribution >= 0.6 is 11.6 Å². The van der Waals surface area contributed by atoms with Gasteiger partial charge in [-0.3, -0.25) is 0 Å². The highest BCUT2D eigenvalue weighted by Gasteiger charge is 2.00. The van der Waals surface area contributed by atoms with Gasteiger partial charge < -0.3 is 5.32 Å². The van der Waals surface area contributed by atoms with E-state index >= 15 is 0 Å². The normalized spacial score (nSPS) is 10.0. The van der Waals surface area contributed by atoms with Gasteiger partial charge in [-0.2, -0.15) is 0 Å². The van der Waals surface area contributed by atoms with Crippen LogP contribution in [-0.2, 0) is 0 Å². The van der Waals surface area contributed by atoms with Crippen LogP contribution in [-0.4, -0.2) is 17.0 Å². The minimum atomic E-state index is 0.677. The van der Waals surface area contributed by atoms with Gasteiger partial charge in [0.25, 0.3) is 0 Å². The van der Waals surface area contributed by atoms with E-state index in [9.17, 15) is 0 Å². The molecule has 2 rings (SSSR count). The van der Waals surface area contributed by atoms with E-state index in [4.69, 9.17) is 11.6 Å². The predicted octanol–water partition coefficient (Wildman–Crippen LogP) is 2.84. The van der Waals surface area contributed by atoms with Crippen LogP contribution in [0.25, 0.3) is 11.4 Å². The molecule has 0 fully saturated rings. The first kappa shape index (κ1) is 9.93. The van der Waals surface area contributed by atoms with Crippen molar-refractivity contribution in [2.45, 2.75) is 0 Å². The number of aromatic nitrogens is 2. The zero-order valence-electron chi connectivity index (χ0n) is 8.24. The first-order valence-electron chi connectivity index (χ1n) is 4.55. The third kappa shape index (κ3) is 2.25. The van der Waals surface area contributed by atoms with Crippen LogP contribution < -0.4 is 5.32 Å². The molecule has 0 radical (unpaired) electrons. The Hall–Kier alpha value is -1.61. The van der Waals surface area contributed by atoms with E-state index in [1.807, 2.05) is 31.3 Å². The van der Waals surface area contributed by atoms with Crippen molar-refractivity contribution >= 4 is 17.3 Å². The summed E-state index contributed by atoms with van der Waals surface area (Å²) in [6.07, 6.45) is 3.48. The maximum atomic E-state index is 5.89. The number of hydrogen-bond donors (Lipinski definition) is 1. The standard InChI is InChI=1S/C11H10ClN3/c1-13-10-6-14-11(15-7-10)8-3-2-4-9(12)5-8/h2-7,13H,1H3. The van der Waals surface area contributed by atoms with Crippen LogP contribution in [0.1, 0.15) is 0 Å². The number of halogens is 1. The lowest BCUT2D eigenvalue weighted by atomic mass is 10.2. The number of nitrogens with zero attached hydrogens (tertiary/aromatic N) is 2. The van der Waals surface area contributed by atoms with Crippen LogP contribution in [0.4, 0.5) is 5.69 Å². The van der Waals surface area contributed by atoms with Crippen molar-refractivity contribution in [1.29, 1.82) is 0 Å². The molecule has 76 valence electrons. The number of rotatable bonds is 2. The molecule has 1 aromatic carbocycles. The van der Waals surface area contributed by atoms with Gasteiger partial charge in [0.05, 0.1) is 18.1 Å². The summed E-state index contributed by atoms with van der Waals surface area (Å²) in [6, 6.07) is 7.48. The number of nitrogens with one attached hydrogen (secondary N) is 1. The Bertz CT molecular complexity index is 454. The number of hydrogen-bond acceptors (Lipinski definition) is 3. The van der Waals surface area contributed by atoms with Crippen molar-refractivity contribution in [3.05, 3.63) is 41.7 Å². The van der Waals surface area contributed by atoms with Gasteiger partial charge >= 0.3 is 0 Å². The van der Waals surface area contributed by atoms with E-state index in [2.05, 4.69) is 15.3 Å². The van der Waals surface area contributed by atoms with Crippen molar-refractivity contribution in [3.8, 4) is 11.4 Å². The third-order valence-electron chi connectivity index (χ3n) is 2.02. The monoisotopic (exact) mass is 219 g/mol. The second-order valence-corrected chi connectivity index (χ2v) is 3.49. The molecule has 1 heterocycles. The fourth-order valence-electron chi connectivity index (χ4n) is 1.23. The zero-order chi connectivity index (χ0) is 10.7. The van der Waals surface area contributed by atoms with Gasteiger partial charge in [-0.25, -0.2) is 9.97 Å². The van der Waals surface area contributed by atoms with Crippen molar-refractivity contribution in [3.63, 3.8) is 0 Å². The lowest BCUT2D eigenvalue weighted by Crippen LogP contribution is -1.93. The molecular weight excluding hydrogens is 210 g/mol. The Balaban J connectivity index is 2.37. The SMILES string of the molecule is CNc1cnc(-c2cccc(Cl)c2)nc1. The highest BCUT2D eigenvalue weighted by atomic mass is 35.5. The van der Waals surface area contributed by atoms with E-state index in [1.54, 1.807) is 12.4 Å². The summed E-state index contributed by atoms with van der Waals surface area (Å²) >= 11 is 5.89. The van der Waals surface area contributed by atoms with Gasteiger partial charge in [0.15, 0.2) is 5.82 Å². The molecule has 0 saturated heterocycles. The van der Waals surface area contributed by atoms with Crippen molar-refractivity contribution < 1.29 is 0 Å². The van der Waals surface area contributed by atoms with Crippen LogP contribution in [0.3, 0.4) is 0 Å². The van der Waals surface area contributed by atoms with Gasteiger partial charge in [0, 0.05) is 17.6 Å². The van der Waals surface area contributed by atoms with Crippen LogP contribution in [0, 0.1) is 0 Å². The maximum absolute atomic E-state index is 5.89. The molecule has 0 unspecified atom stereocenters. The molecule has 1 aromatic heterocycles. The Labute approximate surface area is 93.1 Å². The molecule has 0 spiro atoms. The molecule has 1 N–H and O–H groups in total. The Morgan fingerprint density at radius 3 is 2.53 bits per heavy atom. The van der Waals surface area contributed by atoms with Crippen LogP contribution in [0.15, 0.2) is 36.7 Å². The quantitative estimate of drug-likeness (QED) is 0.844. The molecule has 4 heteroatoms. The third-order valence-corrected chi connectivity index (χ3v) is 2.26. The Kier molecular flexibility index (Phi) is 2.83. The molecular formula is C11H10ClN3. The number of anilines is 1. The van der Waals surface area contributed by atoms with E-state index in [0.717, 1.165) is 11.3 Å². The van der Waals surface area contributed by atoms with Gasteiger partial charge in [0.1, 0.15) is 0 Å². The molecule has 3 nitrogen and oxygen atoms in total. The zero-order valence-corrected chi connectivity index (χ0v) is 8.99. The molecule has 15 heavy (non-hydrogen) atoms. The molecule has 0 aliphatic rings. The minimum Gasteiger partial charge on any atom is -0.386 e. The minimum absolute atomic E-state index is 0.677. The highest BCUT2D eigenvalue weighted by molar-refractivity contribution is 6.30. The highest BCUT2D eigenvalue weighted by Crippen LogP contribution is 2.19. The fraction of sp³-hybridized carbons (Fsp3) is 0.0909. The van der Waals surface area contributed by atoms with Crippen LogP contribution in [0.5, 0.6) is 0 Å². The molecule has 0 saturated carbocycles. The molecule has 0 aliphatic heterocycles. The summed E-state index contributed by atoms with van der Waals surface area (Å²) in [5.41, 5.74) is 1.81. The van der Waals surface area contributed by atoms with E-state index < -0.39 is 0 Å². The topological polar surface area (TPSA) is 37.8 Å². The molecule has 0 aliphatic carbocycles. The second-order valence-electron chi connectivity index (χ2n) is 3.06. The summed E-state index contributed by atoms with van der Waals surface area (Å²) < 4.78 is 0. The van der Waals surface area contributed by atoms with Crippen molar-refractivity contribution in [1.82, 2.24) is 9.97 Å².